The van der Waals surface area contributed by atoms with Gasteiger partial charge in [-0.2, -0.15) is 0 Å². The fourth-order valence-corrected chi connectivity index (χ4v) is 7.65. The van der Waals surface area contributed by atoms with Crippen molar-refractivity contribution in [3.05, 3.63) is 94.3 Å². The number of hydrogen-bond donors (Lipinski definition) is 2. The molecule has 3 aromatic rings. The van der Waals surface area contributed by atoms with Crippen molar-refractivity contribution in [1.82, 2.24) is 25.0 Å². The minimum absolute atomic E-state index is 0.0630. The summed E-state index contributed by atoms with van der Waals surface area (Å²) in [5, 5.41) is 3.83. The molecule has 4 fully saturated rings. The average Bonchev–Trinajstić information content (AvgIpc) is 3.73. The van der Waals surface area contributed by atoms with E-state index in [0.29, 0.717) is 25.2 Å². The van der Waals surface area contributed by atoms with Crippen LogP contribution < -0.4 is 10.7 Å². The van der Waals surface area contributed by atoms with E-state index in [4.69, 9.17) is 0 Å². The van der Waals surface area contributed by atoms with Crippen molar-refractivity contribution in [2.45, 2.75) is 81.6 Å². The number of urea groups is 1. The number of nitrogens with zero attached hydrogens (tertiary/aromatic N) is 3. The number of piperidine rings is 1. The summed E-state index contributed by atoms with van der Waals surface area (Å²) >= 11 is 0. The zero-order chi connectivity index (χ0) is 28.5. The molecule has 220 valence electrons. The maximum atomic E-state index is 14.3. The van der Waals surface area contributed by atoms with E-state index in [1.807, 2.05) is 36.5 Å². The number of nitrogens with one attached hydrogen (secondary N) is 2. The topological polar surface area (TPSA) is 71.7 Å². The van der Waals surface area contributed by atoms with Crippen LogP contribution >= 0.6 is 0 Å². The van der Waals surface area contributed by atoms with Crippen LogP contribution in [0.4, 0.5) is 4.79 Å². The van der Waals surface area contributed by atoms with Gasteiger partial charge in [-0.1, -0.05) is 73.5 Å². The highest BCUT2D eigenvalue weighted by Gasteiger charge is 2.46. The van der Waals surface area contributed by atoms with Gasteiger partial charge in [0.1, 0.15) is 0 Å². The van der Waals surface area contributed by atoms with Gasteiger partial charge in [0.25, 0.3) is 0 Å². The van der Waals surface area contributed by atoms with Gasteiger partial charge >= 0.3 is 6.03 Å². The standard InChI is InChI=1S/C35H43N5O2/c41-33-22-31(26-9-3-1-4-10-26)36-23-28(33)24-39-20-19-38(25-35(39)16-7-8-17-35)34(42)40-18-15-30(37-29-13-14-29)21-32(40)27-11-5-2-6-12-27/h1-6,9-12,22-23,29-30,32,37H,7-8,13-21,24-25H2,(H,36,41)/t30-,32+/m1/s1. The van der Waals surface area contributed by atoms with Crippen LogP contribution in [0.25, 0.3) is 11.3 Å². The molecule has 42 heavy (non-hydrogen) atoms. The first-order chi connectivity index (χ1) is 20.6. The van der Waals surface area contributed by atoms with Gasteiger partial charge < -0.3 is 20.1 Å². The lowest BCUT2D eigenvalue weighted by atomic mass is 9.90. The van der Waals surface area contributed by atoms with Crippen molar-refractivity contribution in [2.24, 2.45) is 0 Å². The maximum absolute atomic E-state index is 14.3. The first-order valence-electron chi connectivity index (χ1n) is 16.0. The molecule has 2 aliphatic heterocycles. The molecule has 4 aliphatic rings. The van der Waals surface area contributed by atoms with E-state index in [-0.39, 0.29) is 23.0 Å². The molecule has 7 rings (SSSR count). The van der Waals surface area contributed by atoms with Crippen LogP contribution in [-0.4, -0.2) is 69.5 Å². The van der Waals surface area contributed by atoms with Gasteiger partial charge in [-0.25, -0.2) is 4.79 Å². The molecule has 2 saturated carbocycles. The molecule has 0 bridgehead atoms. The van der Waals surface area contributed by atoms with Gasteiger partial charge in [-0.15, -0.1) is 0 Å². The number of likely N-dealkylation sites (tertiary alicyclic amines) is 1. The minimum atomic E-state index is -0.0630. The lowest BCUT2D eigenvalue weighted by Gasteiger charge is -2.51. The molecule has 2 N–H and O–H groups in total. The van der Waals surface area contributed by atoms with Crippen molar-refractivity contribution in [1.29, 1.82) is 0 Å². The number of aromatic nitrogens is 1. The Morgan fingerprint density at radius 3 is 2.36 bits per heavy atom. The summed E-state index contributed by atoms with van der Waals surface area (Å²) in [7, 11) is 0. The number of aromatic amines is 1. The summed E-state index contributed by atoms with van der Waals surface area (Å²) in [6.07, 6.45) is 10.9. The summed E-state index contributed by atoms with van der Waals surface area (Å²) in [6.45, 7) is 3.65. The highest BCUT2D eigenvalue weighted by Crippen LogP contribution is 2.40. The summed E-state index contributed by atoms with van der Waals surface area (Å²) in [6, 6.07) is 23.8. The van der Waals surface area contributed by atoms with Gasteiger partial charge in [-0.3, -0.25) is 9.69 Å². The normalized spacial score (nSPS) is 24.3. The largest absolute Gasteiger partial charge is 0.361 e. The molecule has 0 radical (unpaired) electrons. The molecular formula is C35H43N5O2. The van der Waals surface area contributed by atoms with Crippen molar-refractivity contribution < 1.29 is 4.79 Å². The van der Waals surface area contributed by atoms with Gasteiger partial charge in [0.15, 0.2) is 5.43 Å². The number of carbonyl (C=O) groups excluding carboxylic acids is 1. The molecule has 3 heterocycles. The maximum Gasteiger partial charge on any atom is 0.320 e. The van der Waals surface area contributed by atoms with Crippen LogP contribution in [0.15, 0.2) is 77.7 Å². The Morgan fingerprint density at radius 2 is 1.64 bits per heavy atom. The van der Waals surface area contributed by atoms with E-state index < -0.39 is 0 Å². The minimum Gasteiger partial charge on any atom is -0.361 e. The Bertz CT molecular complexity index is 1430. The third-order valence-corrected chi connectivity index (χ3v) is 10.1. The first kappa shape index (κ1) is 27.4. The quantitative estimate of drug-likeness (QED) is 0.411. The second-order valence-electron chi connectivity index (χ2n) is 12.9. The molecule has 1 aromatic heterocycles. The predicted octanol–water partition coefficient (Wildman–Crippen LogP) is 5.55. The molecular weight excluding hydrogens is 522 g/mol. The second kappa shape index (κ2) is 11.7. The molecule has 2 saturated heterocycles. The number of H-pyrrole nitrogens is 1. The van der Waals surface area contributed by atoms with Crippen molar-refractivity contribution in [2.75, 3.05) is 26.2 Å². The van der Waals surface area contributed by atoms with Gasteiger partial charge in [-0.05, 0) is 49.7 Å². The summed E-state index contributed by atoms with van der Waals surface area (Å²) in [5.74, 6) is 0. The lowest BCUT2D eigenvalue weighted by molar-refractivity contribution is -0.00234. The number of amides is 2. The van der Waals surface area contributed by atoms with Gasteiger partial charge in [0.2, 0.25) is 0 Å². The van der Waals surface area contributed by atoms with E-state index in [1.165, 1.54) is 31.2 Å². The molecule has 0 unspecified atom stereocenters. The van der Waals surface area contributed by atoms with Crippen LogP contribution in [0, 0.1) is 0 Å². The molecule has 2 aromatic carbocycles. The Hall–Kier alpha value is -3.42. The zero-order valence-electron chi connectivity index (χ0n) is 24.5. The highest BCUT2D eigenvalue weighted by atomic mass is 16.2. The van der Waals surface area contributed by atoms with Crippen LogP contribution in [0.1, 0.15) is 68.5 Å². The number of rotatable bonds is 6. The third kappa shape index (κ3) is 5.64. The molecule has 2 aliphatic carbocycles. The Balaban J connectivity index is 1.07. The third-order valence-electron chi connectivity index (χ3n) is 10.1. The van der Waals surface area contributed by atoms with Crippen LogP contribution in [0.2, 0.25) is 0 Å². The average molecular weight is 566 g/mol. The monoisotopic (exact) mass is 565 g/mol. The van der Waals surface area contributed by atoms with E-state index in [9.17, 15) is 9.59 Å². The van der Waals surface area contributed by atoms with Crippen molar-refractivity contribution in [3.63, 3.8) is 0 Å². The van der Waals surface area contributed by atoms with Crippen molar-refractivity contribution in [3.8, 4) is 11.3 Å². The number of benzene rings is 2. The first-order valence-corrected chi connectivity index (χ1v) is 16.0. The SMILES string of the molecule is O=C(N1CCN(Cc2c[nH]c(-c3ccccc3)cc2=O)C2(CCCC2)C1)N1CC[C@@H](NC2CC2)C[C@H]1c1ccccc1. The highest BCUT2D eigenvalue weighted by molar-refractivity contribution is 5.75. The van der Waals surface area contributed by atoms with Gasteiger partial charge in [0.05, 0.1) is 6.04 Å². The lowest BCUT2D eigenvalue weighted by Crippen LogP contribution is -2.64. The second-order valence-corrected chi connectivity index (χ2v) is 12.9. The number of pyridine rings is 1. The Labute approximate surface area is 248 Å². The van der Waals surface area contributed by atoms with E-state index in [0.717, 1.165) is 62.1 Å². The molecule has 2 atom stereocenters. The predicted molar refractivity (Wildman–Crippen MR) is 166 cm³/mol. The van der Waals surface area contributed by atoms with Crippen LogP contribution in [-0.2, 0) is 6.54 Å². The molecule has 7 heteroatoms. The van der Waals surface area contributed by atoms with Crippen LogP contribution in [0.3, 0.4) is 0 Å². The summed E-state index contributed by atoms with van der Waals surface area (Å²) in [4.78, 5) is 37.7. The Morgan fingerprint density at radius 1 is 0.905 bits per heavy atom. The van der Waals surface area contributed by atoms with E-state index in [1.54, 1.807) is 6.07 Å². The van der Waals surface area contributed by atoms with Crippen LogP contribution in [0.5, 0.6) is 0 Å². The van der Waals surface area contributed by atoms with Gasteiger partial charge in [0, 0.05) is 73.9 Å². The van der Waals surface area contributed by atoms with E-state index >= 15 is 0 Å². The fourth-order valence-electron chi connectivity index (χ4n) is 7.65. The smallest absolute Gasteiger partial charge is 0.320 e. The molecule has 2 amide bonds. The zero-order valence-corrected chi connectivity index (χ0v) is 24.5. The number of hydrogen-bond acceptors (Lipinski definition) is 4. The number of carbonyl (C=O) groups is 1. The summed E-state index contributed by atoms with van der Waals surface area (Å²) in [5.41, 5.74) is 3.91. The number of piperazine rings is 1. The Kier molecular flexibility index (Phi) is 7.63. The molecule has 7 nitrogen and oxygen atoms in total. The van der Waals surface area contributed by atoms with E-state index in [2.05, 4.69) is 55.3 Å². The fraction of sp³-hybridized carbons (Fsp3) is 0.486. The molecule has 1 spiro atoms. The summed E-state index contributed by atoms with van der Waals surface area (Å²) < 4.78 is 0. The van der Waals surface area contributed by atoms with Crippen molar-refractivity contribution >= 4 is 6.03 Å².